The van der Waals surface area contributed by atoms with Crippen molar-refractivity contribution in [2.75, 3.05) is 13.2 Å². The van der Waals surface area contributed by atoms with Crippen molar-refractivity contribution < 1.29 is 28.6 Å². The van der Waals surface area contributed by atoms with Gasteiger partial charge in [0.1, 0.15) is 13.2 Å². The van der Waals surface area contributed by atoms with Gasteiger partial charge in [0.25, 0.3) is 0 Å². The van der Waals surface area contributed by atoms with Crippen molar-refractivity contribution >= 4 is 17.9 Å². The lowest BCUT2D eigenvalue weighted by molar-refractivity contribution is -0.167. The Labute approximate surface area is 399 Å². The van der Waals surface area contributed by atoms with Gasteiger partial charge in [-0.3, -0.25) is 14.4 Å². The van der Waals surface area contributed by atoms with E-state index in [-0.39, 0.29) is 31.1 Å². The second kappa shape index (κ2) is 50.8. The lowest BCUT2D eigenvalue weighted by Gasteiger charge is -2.18. The van der Waals surface area contributed by atoms with Gasteiger partial charge in [-0.2, -0.15) is 0 Å². The summed E-state index contributed by atoms with van der Waals surface area (Å²) in [5.74, 6) is 0.914. The summed E-state index contributed by atoms with van der Waals surface area (Å²) in [6, 6.07) is 0. The van der Waals surface area contributed by atoms with Crippen LogP contribution >= 0.6 is 0 Å². The number of rotatable bonds is 52. The first-order valence-electron chi connectivity index (χ1n) is 28.8. The van der Waals surface area contributed by atoms with Crippen molar-refractivity contribution in [2.45, 2.75) is 330 Å². The van der Waals surface area contributed by atoms with Crippen LogP contribution in [0.3, 0.4) is 0 Å². The first-order valence-corrected chi connectivity index (χ1v) is 28.8. The maximum atomic E-state index is 12.8. The number of hydrogen-bond acceptors (Lipinski definition) is 6. The molecule has 0 aliphatic carbocycles. The predicted octanol–water partition coefficient (Wildman–Crippen LogP) is 18.9. The van der Waals surface area contributed by atoms with Gasteiger partial charge in [-0.25, -0.2) is 0 Å². The Kier molecular flexibility index (Phi) is 49.6. The van der Waals surface area contributed by atoms with Crippen molar-refractivity contribution in [2.24, 2.45) is 11.8 Å². The van der Waals surface area contributed by atoms with Gasteiger partial charge < -0.3 is 14.2 Å². The van der Waals surface area contributed by atoms with E-state index in [1.807, 2.05) is 0 Å². The van der Waals surface area contributed by atoms with Gasteiger partial charge in [0, 0.05) is 19.3 Å². The van der Waals surface area contributed by atoms with Crippen LogP contribution in [0.1, 0.15) is 324 Å². The molecular formula is C58H112O6. The van der Waals surface area contributed by atoms with Crippen molar-refractivity contribution in [1.82, 2.24) is 0 Å². The molecule has 0 fully saturated rings. The molecule has 0 saturated heterocycles. The van der Waals surface area contributed by atoms with Crippen LogP contribution in [-0.2, 0) is 28.6 Å². The van der Waals surface area contributed by atoms with Crippen molar-refractivity contribution in [3.05, 3.63) is 0 Å². The lowest BCUT2D eigenvalue weighted by atomic mass is 9.99. The second-order valence-electron chi connectivity index (χ2n) is 20.4. The molecule has 0 aliphatic heterocycles. The molecule has 380 valence electrons. The first kappa shape index (κ1) is 62.4. The van der Waals surface area contributed by atoms with Crippen LogP contribution in [0.2, 0.25) is 0 Å². The molecule has 0 rings (SSSR count). The summed E-state index contributed by atoms with van der Waals surface area (Å²) in [6.45, 7) is 11.4. The van der Waals surface area contributed by atoms with Crippen LogP contribution in [0, 0.1) is 11.8 Å². The Hall–Kier alpha value is -1.59. The van der Waals surface area contributed by atoms with E-state index >= 15 is 0 Å². The van der Waals surface area contributed by atoms with Crippen LogP contribution in [0.5, 0.6) is 0 Å². The monoisotopic (exact) mass is 905 g/mol. The van der Waals surface area contributed by atoms with Gasteiger partial charge in [0.05, 0.1) is 0 Å². The number of carbonyl (C=O) groups excluding carboxylic acids is 3. The van der Waals surface area contributed by atoms with E-state index < -0.39 is 6.10 Å². The largest absolute Gasteiger partial charge is 0.462 e. The van der Waals surface area contributed by atoms with Gasteiger partial charge >= 0.3 is 17.9 Å². The zero-order valence-corrected chi connectivity index (χ0v) is 43.9. The molecule has 0 aromatic carbocycles. The molecule has 6 heteroatoms. The van der Waals surface area contributed by atoms with Gasteiger partial charge in [-0.05, 0) is 31.1 Å². The topological polar surface area (TPSA) is 78.9 Å². The zero-order valence-electron chi connectivity index (χ0n) is 43.9. The number of unbranched alkanes of at least 4 members (excludes halogenated alkanes) is 35. The summed E-state index contributed by atoms with van der Waals surface area (Å²) in [6.07, 6.45) is 53.7. The Balaban J connectivity index is 4.23. The van der Waals surface area contributed by atoms with Crippen LogP contribution in [-0.4, -0.2) is 37.2 Å². The van der Waals surface area contributed by atoms with Crippen LogP contribution in [0.15, 0.2) is 0 Å². The quantitative estimate of drug-likeness (QED) is 0.0344. The smallest absolute Gasteiger partial charge is 0.306 e. The van der Waals surface area contributed by atoms with Crippen LogP contribution in [0.4, 0.5) is 0 Å². The van der Waals surface area contributed by atoms with E-state index in [1.54, 1.807) is 0 Å². The molecule has 2 unspecified atom stereocenters. The number of esters is 3. The van der Waals surface area contributed by atoms with Gasteiger partial charge in [-0.1, -0.05) is 285 Å². The minimum atomic E-state index is -0.762. The van der Waals surface area contributed by atoms with Crippen LogP contribution < -0.4 is 0 Å². The fourth-order valence-electron chi connectivity index (χ4n) is 8.81. The molecule has 0 heterocycles. The molecule has 0 saturated carbocycles. The fourth-order valence-corrected chi connectivity index (χ4v) is 8.81. The third-order valence-electron chi connectivity index (χ3n) is 13.9. The van der Waals surface area contributed by atoms with E-state index in [9.17, 15) is 14.4 Å². The molecule has 0 amide bonds. The Morgan fingerprint density at radius 2 is 0.547 bits per heavy atom. The summed E-state index contributed by atoms with van der Waals surface area (Å²) in [4.78, 5) is 38.1. The normalized spacial score (nSPS) is 12.9. The molecule has 0 bridgehead atoms. The molecule has 0 spiro atoms. The first-order chi connectivity index (χ1) is 31.3. The van der Waals surface area contributed by atoms with E-state index in [0.717, 1.165) is 69.6 Å². The molecule has 3 atom stereocenters. The Morgan fingerprint density at radius 3 is 0.812 bits per heavy atom. The summed E-state index contributed by atoms with van der Waals surface area (Å²) in [7, 11) is 0. The number of carbonyl (C=O) groups is 3. The minimum Gasteiger partial charge on any atom is -0.462 e. The van der Waals surface area contributed by atoms with E-state index in [1.165, 1.54) is 212 Å². The maximum Gasteiger partial charge on any atom is 0.306 e. The van der Waals surface area contributed by atoms with E-state index in [2.05, 4.69) is 34.6 Å². The highest BCUT2D eigenvalue weighted by molar-refractivity contribution is 5.71. The average Bonchev–Trinajstić information content (AvgIpc) is 3.29. The average molecular weight is 906 g/mol. The third kappa shape index (κ3) is 48.3. The van der Waals surface area contributed by atoms with Crippen molar-refractivity contribution in [1.29, 1.82) is 0 Å². The Bertz CT molecular complexity index is 982. The molecule has 0 aromatic heterocycles. The standard InChI is InChI=1S/C58H112O6/c1-6-9-10-11-12-13-14-24-27-33-38-43-48-56(59)62-51-55(52-63-57(60)49-44-39-34-30-29-32-37-42-47-54(5)8-3)64-58(61)50-45-40-35-28-25-22-20-18-16-15-17-19-21-23-26-31-36-41-46-53(4)7-2/h53-55H,6-52H2,1-5H3/t53?,54?,55-/m0/s1. The van der Waals surface area contributed by atoms with Crippen LogP contribution in [0.25, 0.3) is 0 Å². The Morgan fingerprint density at radius 1 is 0.312 bits per heavy atom. The minimum absolute atomic E-state index is 0.0632. The van der Waals surface area contributed by atoms with E-state index in [4.69, 9.17) is 14.2 Å². The molecule has 64 heavy (non-hydrogen) atoms. The molecule has 0 aromatic rings. The molecule has 0 aliphatic rings. The highest BCUT2D eigenvalue weighted by Crippen LogP contribution is 2.19. The summed E-state index contributed by atoms with van der Waals surface area (Å²) >= 11 is 0. The zero-order chi connectivity index (χ0) is 46.8. The highest BCUT2D eigenvalue weighted by Gasteiger charge is 2.19. The number of hydrogen-bond donors (Lipinski definition) is 0. The third-order valence-corrected chi connectivity index (χ3v) is 13.9. The highest BCUT2D eigenvalue weighted by atomic mass is 16.6. The summed E-state index contributed by atoms with van der Waals surface area (Å²) in [5, 5.41) is 0. The maximum absolute atomic E-state index is 12.8. The molecule has 0 N–H and O–H groups in total. The predicted molar refractivity (Wildman–Crippen MR) is 275 cm³/mol. The molecule has 6 nitrogen and oxygen atoms in total. The summed E-state index contributed by atoms with van der Waals surface area (Å²) in [5.41, 5.74) is 0. The molecule has 0 radical (unpaired) electrons. The van der Waals surface area contributed by atoms with Gasteiger partial charge in [0.15, 0.2) is 6.10 Å². The second-order valence-corrected chi connectivity index (χ2v) is 20.4. The van der Waals surface area contributed by atoms with Crippen molar-refractivity contribution in [3.8, 4) is 0 Å². The van der Waals surface area contributed by atoms with Gasteiger partial charge in [0.2, 0.25) is 0 Å². The summed E-state index contributed by atoms with van der Waals surface area (Å²) < 4.78 is 16.9. The lowest BCUT2D eigenvalue weighted by Crippen LogP contribution is -2.30. The van der Waals surface area contributed by atoms with Gasteiger partial charge in [-0.15, -0.1) is 0 Å². The number of ether oxygens (including phenoxy) is 3. The van der Waals surface area contributed by atoms with Crippen molar-refractivity contribution in [3.63, 3.8) is 0 Å². The fraction of sp³-hybridized carbons (Fsp3) is 0.948. The van der Waals surface area contributed by atoms with E-state index in [0.29, 0.717) is 19.3 Å². The SMILES string of the molecule is CCCCCCCCCCCCCCC(=O)OC[C@@H](COC(=O)CCCCCCCCCCC(C)CC)OC(=O)CCCCCCCCCCCCCCCCCCCCC(C)CC. The molecular weight excluding hydrogens is 793 g/mol.